The maximum Gasteiger partial charge on any atom is 0.326 e. The van der Waals surface area contributed by atoms with Gasteiger partial charge in [0.15, 0.2) is 0 Å². The molecule has 0 bridgehead atoms. The number of hydrogen-bond donors (Lipinski definition) is 2. The van der Waals surface area contributed by atoms with Crippen LogP contribution in [0.25, 0.3) is 0 Å². The molecule has 0 radical (unpaired) electrons. The van der Waals surface area contributed by atoms with Crippen LogP contribution in [0.1, 0.15) is 31.9 Å². The van der Waals surface area contributed by atoms with Gasteiger partial charge in [-0.05, 0) is 12.5 Å². The lowest BCUT2D eigenvalue weighted by Gasteiger charge is -2.22. The molecular weight excluding hydrogens is 242 g/mol. The number of benzene rings is 1. The van der Waals surface area contributed by atoms with Crippen LogP contribution in [0.3, 0.4) is 0 Å². The first-order valence-electron chi connectivity index (χ1n) is 6.29. The van der Waals surface area contributed by atoms with E-state index in [-0.39, 0.29) is 12.3 Å². The van der Waals surface area contributed by atoms with Crippen LogP contribution in [0.2, 0.25) is 0 Å². The van der Waals surface area contributed by atoms with E-state index >= 15 is 0 Å². The molecule has 0 spiro atoms. The normalized spacial score (nSPS) is 12.8. The fourth-order valence-corrected chi connectivity index (χ4v) is 1.53. The quantitative estimate of drug-likeness (QED) is 0.874. The molecular formula is C15H21NO3. The van der Waals surface area contributed by atoms with Crippen molar-refractivity contribution in [2.75, 3.05) is 0 Å². The van der Waals surface area contributed by atoms with Crippen LogP contribution in [0, 0.1) is 12.3 Å². The molecule has 1 rings (SSSR count). The van der Waals surface area contributed by atoms with Crippen molar-refractivity contribution in [1.29, 1.82) is 0 Å². The Morgan fingerprint density at radius 2 is 1.74 bits per heavy atom. The molecule has 0 unspecified atom stereocenters. The smallest absolute Gasteiger partial charge is 0.326 e. The van der Waals surface area contributed by atoms with Gasteiger partial charge in [0.2, 0.25) is 5.91 Å². The second-order valence-electron chi connectivity index (χ2n) is 5.80. The summed E-state index contributed by atoms with van der Waals surface area (Å²) in [6.45, 7) is 7.24. The predicted octanol–water partition coefficient (Wildman–Crippen LogP) is 2.15. The largest absolute Gasteiger partial charge is 0.480 e. The van der Waals surface area contributed by atoms with E-state index in [0.29, 0.717) is 0 Å². The number of rotatable bonds is 4. The van der Waals surface area contributed by atoms with Gasteiger partial charge in [0.05, 0.1) is 0 Å². The summed E-state index contributed by atoms with van der Waals surface area (Å²) in [4.78, 5) is 23.1. The van der Waals surface area contributed by atoms with Crippen molar-refractivity contribution in [3.63, 3.8) is 0 Å². The summed E-state index contributed by atoms with van der Waals surface area (Å²) in [5.41, 5.74) is 1.42. The van der Waals surface area contributed by atoms with Gasteiger partial charge in [-0.15, -0.1) is 0 Å². The summed E-state index contributed by atoms with van der Waals surface area (Å²) in [7, 11) is 0. The third-order valence-corrected chi connectivity index (χ3v) is 2.85. The van der Waals surface area contributed by atoms with Gasteiger partial charge in [-0.25, -0.2) is 4.79 Å². The molecule has 0 saturated carbocycles. The molecule has 0 aromatic heterocycles. The minimum Gasteiger partial charge on any atom is -0.480 e. The second kappa shape index (κ2) is 5.87. The van der Waals surface area contributed by atoms with Crippen LogP contribution in [-0.4, -0.2) is 23.0 Å². The summed E-state index contributed by atoms with van der Waals surface area (Å²) < 4.78 is 0. The highest BCUT2D eigenvalue weighted by molar-refractivity contribution is 5.86. The van der Waals surface area contributed by atoms with E-state index in [2.05, 4.69) is 5.32 Å². The number of carbonyl (C=O) groups is 2. The summed E-state index contributed by atoms with van der Waals surface area (Å²) in [5.74, 6) is -1.27. The van der Waals surface area contributed by atoms with E-state index in [1.807, 2.05) is 31.2 Å². The van der Waals surface area contributed by atoms with Gasteiger partial charge in [0.1, 0.15) is 6.04 Å². The van der Waals surface area contributed by atoms with Crippen molar-refractivity contribution < 1.29 is 14.7 Å². The molecule has 1 atom stereocenters. The van der Waals surface area contributed by atoms with E-state index in [1.54, 1.807) is 20.8 Å². The van der Waals surface area contributed by atoms with E-state index in [9.17, 15) is 14.7 Å². The average Bonchev–Trinajstić information content (AvgIpc) is 2.29. The maximum absolute atomic E-state index is 11.8. The Hall–Kier alpha value is -1.84. The lowest BCUT2D eigenvalue weighted by atomic mass is 9.94. The molecule has 1 amide bonds. The molecule has 0 heterocycles. The fourth-order valence-electron chi connectivity index (χ4n) is 1.53. The molecule has 0 saturated heterocycles. The molecule has 0 fully saturated rings. The first kappa shape index (κ1) is 15.2. The molecule has 1 aromatic carbocycles. The number of nitrogens with one attached hydrogen (secondary N) is 1. The molecule has 2 N–H and O–H groups in total. The number of aliphatic carboxylic acids is 1. The third kappa shape index (κ3) is 4.73. The fraction of sp³-hybridized carbons (Fsp3) is 0.467. The van der Waals surface area contributed by atoms with Crippen molar-refractivity contribution in [2.24, 2.45) is 5.41 Å². The van der Waals surface area contributed by atoms with Crippen molar-refractivity contribution in [1.82, 2.24) is 5.32 Å². The monoisotopic (exact) mass is 263 g/mol. The van der Waals surface area contributed by atoms with Gasteiger partial charge in [0, 0.05) is 11.8 Å². The van der Waals surface area contributed by atoms with Crippen LogP contribution in [0.15, 0.2) is 24.3 Å². The van der Waals surface area contributed by atoms with Crippen LogP contribution >= 0.6 is 0 Å². The number of amides is 1. The molecule has 4 nitrogen and oxygen atoms in total. The molecule has 104 valence electrons. The Morgan fingerprint density at radius 3 is 2.16 bits per heavy atom. The summed E-state index contributed by atoms with van der Waals surface area (Å²) in [5, 5.41) is 11.8. The first-order chi connectivity index (χ1) is 8.70. The molecule has 19 heavy (non-hydrogen) atoms. The third-order valence-electron chi connectivity index (χ3n) is 2.85. The Morgan fingerprint density at radius 1 is 1.21 bits per heavy atom. The van der Waals surface area contributed by atoms with E-state index in [1.165, 1.54) is 0 Å². The minimum atomic E-state index is -1.02. The average molecular weight is 263 g/mol. The summed E-state index contributed by atoms with van der Waals surface area (Å²) in [6, 6.07) is 6.73. The Labute approximate surface area is 113 Å². The van der Waals surface area contributed by atoms with Crippen molar-refractivity contribution in [2.45, 2.75) is 40.2 Å². The summed E-state index contributed by atoms with van der Waals surface area (Å²) in [6.07, 6.45) is 0.289. The van der Waals surface area contributed by atoms with Crippen molar-refractivity contribution in [3.05, 3.63) is 35.4 Å². The zero-order valence-corrected chi connectivity index (χ0v) is 11.9. The Bertz CT molecular complexity index is 457. The molecule has 1 aromatic rings. The van der Waals surface area contributed by atoms with E-state index in [4.69, 9.17) is 0 Å². The minimum absolute atomic E-state index is 0.257. The van der Waals surface area contributed by atoms with Gasteiger partial charge < -0.3 is 10.4 Å². The highest BCUT2D eigenvalue weighted by atomic mass is 16.4. The van der Waals surface area contributed by atoms with Crippen LogP contribution in [0.5, 0.6) is 0 Å². The number of carbonyl (C=O) groups excluding carboxylic acids is 1. The highest BCUT2D eigenvalue weighted by Gasteiger charge is 2.27. The standard InChI is InChI=1S/C15H21NO3/c1-10-5-7-11(8-6-10)9-12(13(17)18)16-14(19)15(2,3)4/h5-8,12H,9H2,1-4H3,(H,16,19)(H,17,18)/t12-/m1/s1. The van der Waals surface area contributed by atoms with Crippen LogP contribution in [0.4, 0.5) is 0 Å². The van der Waals surface area contributed by atoms with Gasteiger partial charge >= 0.3 is 5.97 Å². The van der Waals surface area contributed by atoms with Crippen LogP contribution < -0.4 is 5.32 Å². The lowest BCUT2D eigenvalue weighted by Crippen LogP contribution is -2.46. The van der Waals surface area contributed by atoms with Gasteiger partial charge in [-0.2, -0.15) is 0 Å². The highest BCUT2D eigenvalue weighted by Crippen LogP contribution is 2.14. The number of aryl methyl sites for hydroxylation is 1. The van der Waals surface area contributed by atoms with E-state index < -0.39 is 17.4 Å². The zero-order valence-electron chi connectivity index (χ0n) is 11.9. The Kier molecular flexibility index (Phi) is 4.70. The van der Waals surface area contributed by atoms with Gasteiger partial charge in [-0.3, -0.25) is 4.79 Å². The second-order valence-corrected chi connectivity index (χ2v) is 5.80. The molecule has 0 aliphatic rings. The SMILES string of the molecule is Cc1ccc(C[C@@H](NC(=O)C(C)(C)C)C(=O)O)cc1. The first-order valence-corrected chi connectivity index (χ1v) is 6.29. The number of carboxylic acid groups (broad SMARTS) is 1. The van der Waals surface area contributed by atoms with Crippen molar-refractivity contribution >= 4 is 11.9 Å². The number of hydrogen-bond acceptors (Lipinski definition) is 2. The predicted molar refractivity (Wildman–Crippen MR) is 73.9 cm³/mol. The van der Waals surface area contributed by atoms with Crippen LogP contribution in [-0.2, 0) is 16.0 Å². The zero-order chi connectivity index (χ0) is 14.6. The Balaban J connectivity index is 2.77. The molecule has 0 aliphatic carbocycles. The topological polar surface area (TPSA) is 66.4 Å². The summed E-state index contributed by atoms with van der Waals surface area (Å²) >= 11 is 0. The maximum atomic E-state index is 11.8. The molecule has 0 aliphatic heterocycles. The van der Waals surface area contributed by atoms with Gasteiger partial charge in [-0.1, -0.05) is 50.6 Å². The lowest BCUT2D eigenvalue weighted by molar-refractivity contribution is -0.143. The van der Waals surface area contributed by atoms with E-state index in [0.717, 1.165) is 11.1 Å². The van der Waals surface area contributed by atoms with Gasteiger partial charge in [0.25, 0.3) is 0 Å². The number of carboxylic acids is 1. The van der Waals surface area contributed by atoms with Crippen molar-refractivity contribution in [3.8, 4) is 0 Å². The molecule has 4 heteroatoms.